The average molecular weight is 199 g/mol. The number of esters is 1. The molecule has 0 spiro atoms. The summed E-state index contributed by atoms with van der Waals surface area (Å²) in [5, 5.41) is 11.5. The Morgan fingerprint density at radius 1 is 1.64 bits per heavy atom. The van der Waals surface area contributed by atoms with Gasteiger partial charge in [-0.3, -0.25) is 0 Å². The van der Waals surface area contributed by atoms with Crippen LogP contribution in [-0.2, 0) is 9.53 Å². The molecule has 1 heterocycles. The van der Waals surface area contributed by atoms with Gasteiger partial charge in [-0.15, -0.1) is 0 Å². The van der Waals surface area contributed by atoms with Gasteiger partial charge < -0.3 is 15.0 Å². The Morgan fingerprint density at radius 3 is 2.64 bits per heavy atom. The quantitative estimate of drug-likeness (QED) is 0.523. The van der Waals surface area contributed by atoms with E-state index in [1.807, 2.05) is 13.8 Å². The molecule has 0 aromatic heterocycles. The predicted octanol–water partition coefficient (Wildman–Crippen LogP) is 0.244. The molecule has 0 aromatic rings. The van der Waals surface area contributed by atoms with E-state index in [0.717, 1.165) is 0 Å². The van der Waals surface area contributed by atoms with Crippen LogP contribution in [0.25, 0.3) is 0 Å². The summed E-state index contributed by atoms with van der Waals surface area (Å²) in [5.41, 5.74) is -0.948. The van der Waals surface area contributed by atoms with E-state index >= 15 is 0 Å². The van der Waals surface area contributed by atoms with Crippen molar-refractivity contribution in [1.82, 2.24) is 0 Å². The summed E-state index contributed by atoms with van der Waals surface area (Å²) < 4.78 is 4.96. The molecule has 0 aromatic carbocycles. The zero-order valence-corrected chi connectivity index (χ0v) is 8.87. The van der Waals surface area contributed by atoms with E-state index in [1.54, 1.807) is 13.0 Å². The lowest BCUT2D eigenvalue weighted by molar-refractivity contribution is -0.839. The summed E-state index contributed by atoms with van der Waals surface area (Å²) in [7, 11) is 0. The first-order chi connectivity index (χ1) is 6.59. The molecule has 1 N–H and O–H groups in total. The first-order valence-electron chi connectivity index (χ1n) is 4.99. The third-order valence-electron chi connectivity index (χ3n) is 2.95. The number of hydrogen-bond donors (Lipinski definition) is 1. The molecular weight excluding hydrogens is 182 g/mol. The van der Waals surface area contributed by atoms with Gasteiger partial charge in [0, 0.05) is 12.3 Å². The number of rotatable bonds is 3. The summed E-state index contributed by atoms with van der Waals surface area (Å²) in [4.78, 5) is 11.7. The zero-order chi connectivity index (χ0) is 10.8. The Morgan fingerprint density at radius 2 is 2.29 bits per heavy atom. The van der Waals surface area contributed by atoms with E-state index in [0.29, 0.717) is 13.0 Å². The number of hydroxylamine groups is 2. The highest BCUT2D eigenvalue weighted by molar-refractivity contribution is 5.80. The molecule has 4 nitrogen and oxygen atoms in total. The van der Waals surface area contributed by atoms with Gasteiger partial charge in [-0.1, -0.05) is 13.8 Å². The topological polar surface area (TPSA) is 53.8 Å². The fraction of sp³-hybridized carbons (Fsp3) is 0.700. The molecule has 80 valence electrons. The van der Waals surface area contributed by atoms with Crippen LogP contribution in [0.15, 0.2) is 12.3 Å². The van der Waals surface area contributed by atoms with Crippen LogP contribution in [0.5, 0.6) is 0 Å². The van der Waals surface area contributed by atoms with Crippen LogP contribution >= 0.6 is 0 Å². The first kappa shape index (κ1) is 11.2. The van der Waals surface area contributed by atoms with Gasteiger partial charge in [0.15, 0.2) is 0 Å². The number of hydrogen-bond acceptors (Lipinski definition) is 3. The van der Waals surface area contributed by atoms with Gasteiger partial charge in [0.25, 0.3) is 0 Å². The van der Waals surface area contributed by atoms with Gasteiger partial charge in [0.05, 0.1) is 12.8 Å². The Bertz CT molecular complexity index is 238. The lowest BCUT2D eigenvalue weighted by atomic mass is 9.85. The number of carbonyl (C=O) groups is 1. The minimum atomic E-state index is -0.948. The summed E-state index contributed by atoms with van der Waals surface area (Å²) in [6, 6.07) is 0. The van der Waals surface area contributed by atoms with Crippen molar-refractivity contribution in [3.63, 3.8) is 0 Å². The van der Waals surface area contributed by atoms with Crippen LogP contribution in [0.1, 0.15) is 27.2 Å². The van der Waals surface area contributed by atoms with Gasteiger partial charge in [0.2, 0.25) is 5.54 Å². The SMILES string of the molecule is CCOC(=O)C1(CC)C(C)C=C[NH+]1[O-]. The summed E-state index contributed by atoms with van der Waals surface area (Å²) >= 11 is 0. The van der Waals surface area contributed by atoms with E-state index in [2.05, 4.69) is 0 Å². The van der Waals surface area contributed by atoms with Gasteiger partial charge >= 0.3 is 5.97 Å². The number of ether oxygens (including phenoxy) is 1. The highest BCUT2D eigenvalue weighted by Crippen LogP contribution is 2.24. The maximum absolute atomic E-state index is 11.7. The van der Waals surface area contributed by atoms with Crippen LogP contribution in [0.2, 0.25) is 0 Å². The summed E-state index contributed by atoms with van der Waals surface area (Å²) in [5.74, 6) is -0.441. The fourth-order valence-electron chi connectivity index (χ4n) is 1.96. The van der Waals surface area contributed by atoms with Crippen LogP contribution < -0.4 is 5.06 Å². The van der Waals surface area contributed by atoms with Gasteiger partial charge in [-0.2, -0.15) is 0 Å². The van der Waals surface area contributed by atoms with Gasteiger partial charge in [0.1, 0.15) is 0 Å². The molecule has 1 rings (SSSR count). The molecule has 0 saturated carbocycles. The minimum absolute atomic E-state index is 0.0564. The maximum Gasteiger partial charge on any atom is 0.369 e. The molecule has 0 fully saturated rings. The van der Waals surface area contributed by atoms with Crippen molar-refractivity contribution in [2.75, 3.05) is 6.61 Å². The summed E-state index contributed by atoms with van der Waals surface area (Å²) in [6.07, 6.45) is 3.77. The van der Waals surface area contributed by atoms with Gasteiger partial charge in [-0.25, -0.2) is 4.79 Å². The van der Waals surface area contributed by atoms with Crippen molar-refractivity contribution in [1.29, 1.82) is 0 Å². The van der Waals surface area contributed by atoms with E-state index in [4.69, 9.17) is 4.74 Å². The summed E-state index contributed by atoms with van der Waals surface area (Å²) in [6.45, 7) is 5.79. The largest absolute Gasteiger partial charge is 0.628 e. The maximum atomic E-state index is 11.7. The number of quaternary nitrogens is 1. The molecular formula is C10H17NO3. The zero-order valence-electron chi connectivity index (χ0n) is 8.87. The van der Waals surface area contributed by atoms with Gasteiger partial charge in [-0.05, 0) is 13.0 Å². The monoisotopic (exact) mass is 199 g/mol. The van der Waals surface area contributed by atoms with Crippen LogP contribution in [0, 0.1) is 11.1 Å². The molecule has 1 aliphatic heterocycles. The lowest BCUT2D eigenvalue weighted by Crippen LogP contribution is -3.13. The normalized spacial score (nSPS) is 36.0. The standard InChI is InChI=1S/C10H17NO3/c1-4-10(9(12)14-5-2)8(3)6-7-11(10)13/h6-8,11H,4-5H2,1-3H3. The molecule has 3 atom stereocenters. The van der Waals surface area contributed by atoms with Crippen molar-refractivity contribution >= 4 is 5.97 Å². The van der Waals surface area contributed by atoms with E-state index in [1.165, 1.54) is 6.20 Å². The highest BCUT2D eigenvalue weighted by Gasteiger charge is 2.51. The van der Waals surface area contributed by atoms with Crippen molar-refractivity contribution in [2.24, 2.45) is 5.92 Å². The van der Waals surface area contributed by atoms with E-state index < -0.39 is 5.54 Å². The molecule has 0 bridgehead atoms. The van der Waals surface area contributed by atoms with Crippen LogP contribution in [0.4, 0.5) is 0 Å². The molecule has 0 amide bonds. The average Bonchev–Trinajstić information content (AvgIpc) is 2.44. The third kappa shape index (κ3) is 1.44. The Kier molecular flexibility index (Phi) is 3.29. The van der Waals surface area contributed by atoms with E-state index in [9.17, 15) is 10.0 Å². The molecule has 14 heavy (non-hydrogen) atoms. The smallest absolute Gasteiger partial charge is 0.369 e. The minimum Gasteiger partial charge on any atom is -0.628 e. The first-order valence-corrected chi connectivity index (χ1v) is 4.99. The molecule has 3 unspecified atom stereocenters. The van der Waals surface area contributed by atoms with Crippen molar-refractivity contribution in [3.05, 3.63) is 17.5 Å². The van der Waals surface area contributed by atoms with Crippen molar-refractivity contribution in [3.8, 4) is 0 Å². The Hall–Kier alpha value is -0.870. The van der Waals surface area contributed by atoms with Crippen LogP contribution in [-0.4, -0.2) is 18.1 Å². The fourth-order valence-corrected chi connectivity index (χ4v) is 1.96. The number of nitrogens with one attached hydrogen (secondary N) is 1. The third-order valence-corrected chi connectivity index (χ3v) is 2.95. The highest BCUT2D eigenvalue weighted by atomic mass is 16.6. The second-order valence-electron chi connectivity index (χ2n) is 3.56. The molecule has 1 aliphatic rings. The van der Waals surface area contributed by atoms with Crippen molar-refractivity contribution in [2.45, 2.75) is 32.7 Å². The molecule has 0 saturated heterocycles. The van der Waals surface area contributed by atoms with Crippen molar-refractivity contribution < 1.29 is 14.6 Å². The lowest BCUT2D eigenvalue weighted by Gasteiger charge is -2.36. The van der Waals surface area contributed by atoms with Crippen LogP contribution in [0.3, 0.4) is 0 Å². The predicted molar refractivity (Wildman–Crippen MR) is 52.3 cm³/mol. The number of carbonyl (C=O) groups excluding carboxylic acids is 1. The van der Waals surface area contributed by atoms with E-state index in [-0.39, 0.29) is 17.0 Å². The molecule has 4 heteroatoms. The second kappa shape index (κ2) is 4.11. The molecule has 0 aliphatic carbocycles. The Balaban J connectivity index is 2.91. The second-order valence-corrected chi connectivity index (χ2v) is 3.56. The molecule has 0 radical (unpaired) electrons. The Labute approximate surface area is 84.1 Å².